The first kappa shape index (κ1) is 48.6. The average Bonchev–Trinajstić information content (AvgIpc) is 3.41. The number of rotatable bonds is 14. The summed E-state index contributed by atoms with van der Waals surface area (Å²) in [6.07, 6.45) is -5.49. The van der Waals surface area contributed by atoms with Crippen LogP contribution in [-0.2, 0) is 23.4 Å². The van der Waals surface area contributed by atoms with Crippen LogP contribution in [0.2, 0.25) is 5.04 Å². The fourth-order valence-electron chi connectivity index (χ4n) is 9.23. The maximum absolute atomic E-state index is 14.6. The maximum Gasteiger partial charge on any atom is 0.338 e. The van der Waals surface area contributed by atoms with Crippen molar-refractivity contribution in [2.45, 2.75) is 55.8 Å². The summed E-state index contributed by atoms with van der Waals surface area (Å²) in [5.41, 5.74) is 4.89. The van der Waals surface area contributed by atoms with E-state index < -0.39 is 61.2 Å². The third-order valence-corrected chi connectivity index (χ3v) is 18.2. The summed E-state index contributed by atoms with van der Waals surface area (Å²) in [6, 6.07) is 70.5. The van der Waals surface area contributed by atoms with Crippen LogP contribution in [0.4, 0.5) is 0 Å². The van der Waals surface area contributed by atoms with Crippen LogP contribution in [-0.4, -0.2) is 62.8 Å². The molecule has 9 rings (SSSR count). The fourth-order valence-corrected chi connectivity index (χ4v) is 14.1. The van der Waals surface area contributed by atoms with Crippen molar-refractivity contribution in [3.05, 3.63) is 241 Å². The van der Waals surface area contributed by atoms with E-state index in [0.29, 0.717) is 0 Å². The van der Waals surface area contributed by atoms with Crippen LogP contribution in [0.3, 0.4) is 0 Å². The van der Waals surface area contributed by atoms with E-state index in [1.165, 1.54) is 0 Å². The molecule has 71 heavy (non-hydrogen) atoms. The molecule has 0 bridgehead atoms. The van der Waals surface area contributed by atoms with Crippen molar-refractivity contribution in [2.24, 2.45) is 0 Å². The molecule has 0 saturated carbocycles. The predicted molar refractivity (Wildman–Crippen MR) is 281 cm³/mol. The van der Waals surface area contributed by atoms with Crippen LogP contribution in [0.5, 0.6) is 0 Å². The number of alkyl halides is 1. The third kappa shape index (κ3) is 10.8. The zero-order chi connectivity index (χ0) is 49.4. The van der Waals surface area contributed by atoms with Gasteiger partial charge in [0, 0.05) is 0 Å². The van der Waals surface area contributed by atoms with Crippen molar-refractivity contribution in [3.8, 4) is 33.4 Å². The number of hydrogen-bond acceptors (Lipinski definition) is 8. The molecule has 8 aromatic carbocycles. The van der Waals surface area contributed by atoms with Gasteiger partial charge in [-0.15, -0.1) is 0 Å². The molecular formula is C61H53ClO8Si. The first-order valence-electron chi connectivity index (χ1n) is 23.6. The van der Waals surface area contributed by atoms with E-state index in [0.717, 1.165) is 43.8 Å². The standard InChI is InChI=1S/C61H53ClO8Si/c1-61(2,3)71(51-25-15-7-16-26-51,52-27-17-8-18-28-52)66-41-53-54(68-58(63)48-35-29-45(30-36-48)42-19-9-4-10-20-42)55(69-59(64)49-37-31-46(32-38-49)43-21-11-5-12-22-43)56(57(62)67-53)70-60(65)50-39-33-47(34-40-50)44-23-13-6-14-24-44/h4-40,53-57H,41H2,1-3H3/t53-,54+,55+,56-,57+/m1/s1. The Kier molecular flexibility index (Phi) is 14.9. The topological polar surface area (TPSA) is 97.4 Å². The van der Waals surface area contributed by atoms with Gasteiger partial charge in [-0.3, -0.25) is 0 Å². The first-order valence-corrected chi connectivity index (χ1v) is 26.0. The van der Waals surface area contributed by atoms with Gasteiger partial charge in [0.25, 0.3) is 8.32 Å². The predicted octanol–water partition coefficient (Wildman–Crippen LogP) is 12.2. The number of benzene rings is 8. The van der Waals surface area contributed by atoms with Crippen molar-refractivity contribution in [2.75, 3.05) is 6.61 Å². The quantitative estimate of drug-likeness (QED) is 0.0460. The number of carbonyl (C=O) groups excluding carboxylic acids is 3. The lowest BCUT2D eigenvalue weighted by atomic mass is 9.98. The molecule has 0 aromatic heterocycles. The van der Waals surface area contributed by atoms with Crippen LogP contribution in [0.25, 0.3) is 33.4 Å². The van der Waals surface area contributed by atoms with Crippen molar-refractivity contribution < 1.29 is 37.8 Å². The van der Waals surface area contributed by atoms with Gasteiger partial charge in [0.05, 0.1) is 23.3 Å². The van der Waals surface area contributed by atoms with Crippen molar-refractivity contribution >= 4 is 48.2 Å². The second-order valence-corrected chi connectivity index (χ2v) is 23.2. The van der Waals surface area contributed by atoms with Gasteiger partial charge in [0.1, 0.15) is 6.10 Å². The van der Waals surface area contributed by atoms with E-state index in [4.69, 9.17) is 35.0 Å². The van der Waals surface area contributed by atoms with E-state index in [1.54, 1.807) is 36.4 Å². The highest BCUT2D eigenvalue weighted by molar-refractivity contribution is 6.99. The molecule has 1 aliphatic heterocycles. The summed E-state index contributed by atoms with van der Waals surface area (Å²) in [5, 5.41) is 1.58. The van der Waals surface area contributed by atoms with Crippen LogP contribution in [0, 0.1) is 0 Å². The average molecular weight is 978 g/mol. The molecule has 0 aliphatic carbocycles. The molecule has 0 amide bonds. The first-order chi connectivity index (χ1) is 34.5. The summed E-state index contributed by atoms with van der Waals surface area (Å²) < 4.78 is 33.2. The SMILES string of the molecule is CC(C)(C)[Si](OC[C@H]1O[C@H](Cl)[C@H](OC(=O)c2ccc(-c3ccccc3)cc2)[C@@H](OC(=O)c2ccc(-c3ccccc3)cc2)[C@H]1OC(=O)c1ccc(-c2ccccc2)cc1)(c1ccccc1)c1ccccc1. The Bertz CT molecular complexity index is 2980. The highest BCUT2D eigenvalue weighted by Gasteiger charge is 2.55. The molecule has 10 heteroatoms. The zero-order valence-corrected chi connectivity index (χ0v) is 41.4. The summed E-state index contributed by atoms with van der Waals surface area (Å²) in [4.78, 5) is 43.3. The molecule has 8 nitrogen and oxygen atoms in total. The molecule has 8 aromatic rings. The Balaban J connectivity index is 1.10. The number of hydrogen-bond donors (Lipinski definition) is 0. The van der Waals surface area contributed by atoms with Gasteiger partial charge in [-0.25, -0.2) is 14.4 Å². The minimum Gasteiger partial charge on any atom is -0.452 e. The molecule has 1 heterocycles. The normalized spacial score (nSPS) is 17.9. The summed E-state index contributed by atoms with van der Waals surface area (Å²) in [6.45, 7) is 6.30. The molecule has 356 valence electrons. The number of esters is 3. The van der Waals surface area contributed by atoms with E-state index in [2.05, 4.69) is 45.0 Å². The summed E-state index contributed by atoms with van der Waals surface area (Å²) >= 11 is 7.22. The smallest absolute Gasteiger partial charge is 0.338 e. The molecule has 0 radical (unpaired) electrons. The lowest BCUT2D eigenvalue weighted by Crippen LogP contribution is -2.68. The molecule has 1 fully saturated rings. The highest BCUT2D eigenvalue weighted by Crippen LogP contribution is 2.39. The van der Waals surface area contributed by atoms with Crippen molar-refractivity contribution in [1.82, 2.24) is 0 Å². The second kappa shape index (κ2) is 21.7. The van der Waals surface area contributed by atoms with Gasteiger partial charge in [-0.05, 0) is 85.2 Å². The Labute approximate surface area is 420 Å². The molecule has 0 spiro atoms. The largest absolute Gasteiger partial charge is 0.452 e. The van der Waals surface area contributed by atoms with Gasteiger partial charge in [-0.2, -0.15) is 0 Å². The lowest BCUT2D eigenvalue weighted by molar-refractivity contribution is -0.208. The van der Waals surface area contributed by atoms with Gasteiger partial charge in [0.15, 0.2) is 23.9 Å². The molecule has 0 N–H and O–H groups in total. The molecular weight excluding hydrogens is 924 g/mol. The molecule has 1 aliphatic rings. The van der Waals surface area contributed by atoms with Gasteiger partial charge in [0.2, 0.25) is 0 Å². The monoisotopic (exact) mass is 976 g/mol. The van der Waals surface area contributed by atoms with E-state index in [-0.39, 0.29) is 23.3 Å². The number of halogens is 1. The molecule has 1 saturated heterocycles. The van der Waals surface area contributed by atoms with Gasteiger partial charge in [-0.1, -0.05) is 220 Å². The third-order valence-electron chi connectivity index (χ3n) is 12.9. The molecule has 5 atom stereocenters. The maximum atomic E-state index is 14.6. The Hall–Kier alpha value is -7.40. The second-order valence-electron chi connectivity index (χ2n) is 18.4. The highest BCUT2D eigenvalue weighted by atomic mass is 35.5. The van der Waals surface area contributed by atoms with Crippen LogP contribution >= 0.6 is 11.6 Å². The lowest BCUT2D eigenvalue weighted by Gasteiger charge is -2.46. The molecule has 0 unspecified atom stereocenters. The van der Waals surface area contributed by atoms with Gasteiger partial charge < -0.3 is 23.4 Å². The minimum absolute atomic E-state index is 0.150. The van der Waals surface area contributed by atoms with Crippen LogP contribution < -0.4 is 10.4 Å². The van der Waals surface area contributed by atoms with E-state index in [1.807, 2.05) is 164 Å². The number of ether oxygens (including phenoxy) is 4. The Morgan fingerprint density at radius 3 is 1.06 bits per heavy atom. The Morgan fingerprint density at radius 2 is 0.718 bits per heavy atom. The fraction of sp³-hybridized carbons (Fsp3) is 0.164. The van der Waals surface area contributed by atoms with E-state index in [9.17, 15) is 14.4 Å². The Morgan fingerprint density at radius 1 is 0.423 bits per heavy atom. The zero-order valence-electron chi connectivity index (χ0n) is 39.6. The van der Waals surface area contributed by atoms with Crippen LogP contribution in [0.15, 0.2) is 224 Å². The minimum atomic E-state index is -3.24. The summed E-state index contributed by atoms with van der Waals surface area (Å²) in [7, 11) is -3.24. The van der Waals surface area contributed by atoms with Gasteiger partial charge >= 0.3 is 17.9 Å². The van der Waals surface area contributed by atoms with Crippen molar-refractivity contribution in [3.63, 3.8) is 0 Å². The summed E-state index contributed by atoms with van der Waals surface area (Å²) in [5.74, 6) is -2.23. The van der Waals surface area contributed by atoms with E-state index >= 15 is 0 Å². The van der Waals surface area contributed by atoms with Crippen LogP contribution in [0.1, 0.15) is 51.8 Å². The number of carbonyl (C=O) groups is 3. The van der Waals surface area contributed by atoms with Crippen molar-refractivity contribution in [1.29, 1.82) is 0 Å².